The molecule has 0 aromatic rings. The lowest BCUT2D eigenvalue weighted by Gasteiger charge is -2.14. The van der Waals surface area contributed by atoms with Crippen molar-refractivity contribution in [2.24, 2.45) is 0 Å². The summed E-state index contributed by atoms with van der Waals surface area (Å²) in [6, 6.07) is 0. The highest BCUT2D eigenvalue weighted by Gasteiger charge is 2.32. The van der Waals surface area contributed by atoms with Gasteiger partial charge in [0, 0.05) is 0 Å². The minimum Gasteiger partial charge on any atom is -0.454 e. The van der Waals surface area contributed by atoms with Crippen LogP contribution < -0.4 is 0 Å². The zero-order valence-electron chi connectivity index (χ0n) is 9.29. The van der Waals surface area contributed by atoms with E-state index in [2.05, 4.69) is 13.0 Å². The van der Waals surface area contributed by atoms with Crippen LogP contribution in [0.5, 0.6) is 0 Å². The van der Waals surface area contributed by atoms with Gasteiger partial charge in [-0.15, -0.1) is 0 Å². The second-order valence-electron chi connectivity index (χ2n) is 4.27. The maximum Gasteiger partial charge on any atom is 0.338 e. The van der Waals surface area contributed by atoms with Crippen LogP contribution in [0.1, 0.15) is 45.4 Å². The van der Waals surface area contributed by atoms with Crippen LogP contribution in [0.25, 0.3) is 0 Å². The highest BCUT2D eigenvalue weighted by atomic mass is 16.5. The maximum atomic E-state index is 11.5. The SMILES string of the molecule is CCCCCC1OC(=O)C2=C1CCC=C2. The van der Waals surface area contributed by atoms with Crippen molar-refractivity contribution < 1.29 is 9.53 Å². The van der Waals surface area contributed by atoms with Gasteiger partial charge < -0.3 is 4.74 Å². The van der Waals surface area contributed by atoms with Gasteiger partial charge in [0.1, 0.15) is 6.10 Å². The van der Waals surface area contributed by atoms with Crippen molar-refractivity contribution >= 4 is 5.97 Å². The lowest BCUT2D eigenvalue weighted by atomic mass is 9.93. The Morgan fingerprint density at radius 3 is 3.13 bits per heavy atom. The predicted octanol–water partition coefficient (Wildman–Crippen LogP) is 3.14. The molecule has 0 saturated carbocycles. The van der Waals surface area contributed by atoms with E-state index in [0.29, 0.717) is 0 Å². The standard InChI is InChI=1S/C13H18O2/c1-2-3-4-9-12-10-7-5-6-8-11(10)13(14)15-12/h6,8,12H,2-5,7,9H2,1H3. The second kappa shape index (κ2) is 4.65. The van der Waals surface area contributed by atoms with E-state index in [1.807, 2.05) is 6.08 Å². The van der Waals surface area contributed by atoms with Crippen LogP contribution in [-0.4, -0.2) is 12.1 Å². The van der Waals surface area contributed by atoms with E-state index >= 15 is 0 Å². The maximum absolute atomic E-state index is 11.5. The lowest BCUT2D eigenvalue weighted by Crippen LogP contribution is -2.11. The number of cyclic esters (lactones) is 1. The van der Waals surface area contributed by atoms with Gasteiger partial charge in [0.25, 0.3) is 0 Å². The van der Waals surface area contributed by atoms with Gasteiger partial charge >= 0.3 is 5.97 Å². The third kappa shape index (κ3) is 2.14. The summed E-state index contributed by atoms with van der Waals surface area (Å²) in [6.45, 7) is 2.19. The fourth-order valence-electron chi connectivity index (χ4n) is 2.29. The minimum absolute atomic E-state index is 0.0870. The minimum atomic E-state index is -0.109. The second-order valence-corrected chi connectivity index (χ2v) is 4.27. The van der Waals surface area contributed by atoms with E-state index in [-0.39, 0.29) is 12.1 Å². The lowest BCUT2D eigenvalue weighted by molar-refractivity contribution is -0.139. The number of carbonyl (C=O) groups excluding carboxylic acids is 1. The van der Waals surface area contributed by atoms with Crippen molar-refractivity contribution in [1.82, 2.24) is 0 Å². The zero-order valence-corrected chi connectivity index (χ0v) is 9.29. The van der Waals surface area contributed by atoms with E-state index in [1.54, 1.807) is 0 Å². The average molecular weight is 206 g/mol. The Hall–Kier alpha value is -1.05. The molecule has 2 nitrogen and oxygen atoms in total. The fraction of sp³-hybridized carbons (Fsp3) is 0.615. The number of hydrogen-bond acceptors (Lipinski definition) is 2. The van der Waals surface area contributed by atoms with Gasteiger partial charge in [0.15, 0.2) is 0 Å². The van der Waals surface area contributed by atoms with E-state index in [4.69, 9.17) is 4.74 Å². The molecular weight excluding hydrogens is 188 g/mol. The van der Waals surface area contributed by atoms with Crippen LogP contribution >= 0.6 is 0 Å². The largest absolute Gasteiger partial charge is 0.454 e. The number of allylic oxidation sites excluding steroid dienone is 1. The Bertz CT molecular complexity index is 312. The van der Waals surface area contributed by atoms with E-state index in [1.165, 1.54) is 18.4 Å². The van der Waals surface area contributed by atoms with Crippen LogP contribution in [0.3, 0.4) is 0 Å². The third-order valence-corrected chi connectivity index (χ3v) is 3.14. The van der Waals surface area contributed by atoms with Crippen molar-refractivity contribution in [3.63, 3.8) is 0 Å². The molecule has 1 atom stereocenters. The molecule has 1 heterocycles. The molecule has 0 amide bonds. The Balaban J connectivity index is 2.00. The smallest absolute Gasteiger partial charge is 0.338 e. The van der Waals surface area contributed by atoms with Crippen LogP contribution in [0, 0.1) is 0 Å². The van der Waals surface area contributed by atoms with E-state index < -0.39 is 0 Å². The number of ether oxygens (including phenoxy) is 1. The molecule has 0 aromatic carbocycles. The molecule has 2 heteroatoms. The number of rotatable bonds is 4. The Morgan fingerprint density at radius 1 is 1.47 bits per heavy atom. The normalized spacial score (nSPS) is 24.3. The number of hydrogen-bond donors (Lipinski definition) is 0. The molecule has 1 unspecified atom stereocenters. The summed E-state index contributed by atoms with van der Waals surface area (Å²) in [4.78, 5) is 11.5. The topological polar surface area (TPSA) is 26.3 Å². The van der Waals surface area contributed by atoms with Crippen molar-refractivity contribution in [1.29, 1.82) is 0 Å². The molecule has 0 fully saturated rings. The molecule has 0 bridgehead atoms. The van der Waals surface area contributed by atoms with Crippen LogP contribution in [0.2, 0.25) is 0 Å². The molecule has 0 saturated heterocycles. The van der Waals surface area contributed by atoms with Crippen LogP contribution in [0.15, 0.2) is 23.3 Å². The van der Waals surface area contributed by atoms with E-state index in [9.17, 15) is 4.79 Å². The molecule has 2 aliphatic rings. The summed E-state index contributed by atoms with van der Waals surface area (Å²) >= 11 is 0. The Labute approximate surface area is 91.0 Å². The van der Waals surface area contributed by atoms with Gasteiger partial charge in [-0.1, -0.05) is 31.9 Å². The third-order valence-electron chi connectivity index (χ3n) is 3.14. The van der Waals surface area contributed by atoms with Gasteiger partial charge in [-0.2, -0.15) is 0 Å². The number of esters is 1. The van der Waals surface area contributed by atoms with Crippen molar-refractivity contribution in [3.8, 4) is 0 Å². The van der Waals surface area contributed by atoms with Crippen molar-refractivity contribution in [2.45, 2.75) is 51.6 Å². The molecule has 0 spiro atoms. The Kier molecular flexibility index (Phi) is 3.24. The summed E-state index contributed by atoms with van der Waals surface area (Å²) in [5.74, 6) is -0.109. The summed E-state index contributed by atoms with van der Waals surface area (Å²) in [6.07, 6.45) is 10.8. The highest BCUT2D eigenvalue weighted by Crippen LogP contribution is 2.33. The van der Waals surface area contributed by atoms with Crippen molar-refractivity contribution in [2.75, 3.05) is 0 Å². The average Bonchev–Trinajstić information content (AvgIpc) is 2.58. The molecular formula is C13H18O2. The summed E-state index contributed by atoms with van der Waals surface area (Å²) < 4.78 is 5.39. The Morgan fingerprint density at radius 2 is 2.33 bits per heavy atom. The first-order valence-electron chi connectivity index (χ1n) is 5.93. The number of carbonyl (C=O) groups is 1. The molecule has 1 aliphatic heterocycles. The van der Waals surface area contributed by atoms with Gasteiger partial charge in [-0.25, -0.2) is 4.79 Å². The van der Waals surface area contributed by atoms with Gasteiger partial charge in [-0.3, -0.25) is 0 Å². The summed E-state index contributed by atoms with van der Waals surface area (Å²) in [7, 11) is 0. The van der Waals surface area contributed by atoms with E-state index in [0.717, 1.165) is 31.3 Å². The molecule has 0 aromatic heterocycles. The van der Waals surface area contributed by atoms with Crippen LogP contribution in [-0.2, 0) is 9.53 Å². The monoisotopic (exact) mass is 206 g/mol. The highest BCUT2D eigenvalue weighted by molar-refractivity contribution is 5.95. The first kappa shape index (κ1) is 10.5. The molecule has 2 rings (SSSR count). The predicted molar refractivity (Wildman–Crippen MR) is 59.4 cm³/mol. The zero-order chi connectivity index (χ0) is 10.7. The van der Waals surface area contributed by atoms with Crippen molar-refractivity contribution in [3.05, 3.63) is 23.3 Å². The van der Waals surface area contributed by atoms with Crippen LogP contribution in [0.4, 0.5) is 0 Å². The van der Waals surface area contributed by atoms with Gasteiger partial charge in [-0.05, 0) is 31.3 Å². The molecule has 15 heavy (non-hydrogen) atoms. The summed E-state index contributed by atoms with van der Waals surface area (Å²) in [5, 5.41) is 0. The molecule has 82 valence electrons. The molecule has 0 radical (unpaired) electrons. The summed E-state index contributed by atoms with van der Waals surface area (Å²) in [5.41, 5.74) is 2.08. The quantitative estimate of drug-likeness (QED) is 0.521. The van der Waals surface area contributed by atoms with Gasteiger partial charge in [0.2, 0.25) is 0 Å². The van der Waals surface area contributed by atoms with Gasteiger partial charge in [0.05, 0.1) is 5.57 Å². The fourth-order valence-corrected chi connectivity index (χ4v) is 2.29. The number of unbranched alkanes of at least 4 members (excludes halogenated alkanes) is 2. The molecule has 1 aliphatic carbocycles. The first-order valence-corrected chi connectivity index (χ1v) is 5.93. The first-order chi connectivity index (χ1) is 7.33. The molecule has 0 N–H and O–H groups in total.